The molecule has 104 valence electrons. The van der Waals surface area contributed by atoms with Crippen LogP contribution in [0.5, 0.6) is 0 Å². The molecule has 0 spiro atoms. The number of hydrogen-bond donors (Lipinski definition) is 0. The molecule has 6 atom stereocenters. The average Bonchev–Trinajstić information content (AvgIpc) is 3.00. The largest absolute Gasteiger partial charge is 0.462 e. The van der Waals surface area contributed by atoms with Crippen LogP contribution in [0.15, 0.2) is 12.2 Å². The number of ketones is 1. The highest BCUT2D eigenvalue weighted by atomic mass is 16.6. The molecule has 19 heavy (non-hydrogen) atoms. The van der Waals surface area contributed by atoms with Gasteiger partial charge in [0.15, 0.2) is 5.78 Å². The zero-order chi connectivity index (χ0) is 13.8. The summed E-state index contributed by atoms with van der Waals surface area (Å²) in [6, 6.07) is 0. The van der Waals surface area contributed by atoms with Gasteiger partial charge in [0, 0.05) is 5.92 Å². The van der Waals surface area contributed by atoms with Gasteiger partial charge < -0.3 is 9.47 Å². The molecule has 1 saturated carbocycles. The van der Waals surface area contributed by atoms with Crippen LogP contribution in [0.4, 0.5) is 0 Å². The molecule has 1 aliphatic carbocycles. The normalized spacial score (nSPS) is 48.4. The number of allylic oxidation sites excluding steroid dienone is 1. The van der Waals surface area contributed by atoms with Gasteiger partial charge in [-0.25, -0.2) is 0 Å². The van der Waals surface area contributed by atoms with Gasteiger partial charge in [-0.1, -0.05) is 13.8 Å². The topological polar surface area (TPSA) is 55.9 Å². The van der Waals surface area contributed by atoms with E-state index in [4.69, 9.17) is 9.47 Å². The van der Waals surface area contributed by atoms with E-state index in [0.717, 1.165) is 12.8 Å². The van der Waals surface area contributed by atoms with Crippen LogP contribution in [0.3, 0.4) is 0 Å². The molecular formula is C15H20O4. The van der Waals surface area contributed by atoms with Crippen molar-refractivity contribution >= 4 is 11.8 Å². The van der Waals surface area contributed by atoms with Crippen molar-refractivity contribution in [3.63, 3.8) is 0 Å². The minimum Gasteiger partial charge on any atom is -0.462 e. The minimum absolute atomic E-state index is 0.0245. The highest BCUT2D eigenvalue weighted by Gasteiger charge is 2.63. The molecule has 0 aromatic carbocycles. The van der Waals surface area contributed by atoms with E-state index in [9.17, 15) is 9.59 Å². The lowest BCUT2D eigenvalue weighted by Crippen LogP contribution is -2.25. The lowest BCUT2D eigenvalue weighted by Gasteiger charge is -2.20. The van der Waals surface area contributed by atoms with Crippen LogP contribution >= 0.6 is 0 Å². The number of fused-ring (bicyclic) bond motifs is 2. The Morgan fingerprint density at radius 1 is 1.37 bits per heavy atom. The molecule has 2 saturated heterocycles. The molecule has 0 radical (unpaired) electrons. The van der Waals surface area contributed by atoms with E-state index in [-0.39, 0.29) is 47.3 Å². The van der Waals surface area contributed by atoms with Gasteiger partial charge in [-0.2, -0.15) is 0 Å². The summed E-state index contributed by atoms with van der Waals surface area (Å²) < 4.78 is 11.4. The number of hydrogen-bond acceptors (Lipinski definition) is 4. The van der Waals surface area contributed by atoms with Crippen LogP contribution in [0.25, 0.3) is 0 Å². The van der Waals surface area contributed by atoms with Crippen LogP contribution in [-0.4, -0.2) is 29.6 Å². The Balaban J connectivity index is 1.81. The number of rotatable bonds is 2. The van der Waals surface area contributed by atoms with Crippen molar-refractivity contribution in [3.8, 4) is 0 Å². The van der Waals surface area contributed by atoms with Crippen molar-refractivity contribution in [2.45, 2.75) is 51.4 Å². The molecule has 4 nitrogen and oxygen atoms in total. The van der Waals surface area contributed by atoms with E-state index in [1.807, 2.05) is 13.0 Å². The zero-order valence-electron chi connectivity index (χ0n) is 11.6. The number of ether oxygens (including phenoxy) is 2. The molecular weight excluding hydrogens is 244 g/mol. The number of esters is 1. The maximum absolute atomic E-state index is 11.7. The van der Waals surface area contributed by atoms with Crippen molar-refractivity contribution in [1.82, 2.24) is 0 Å². The molecule has 2 heterocycles. The van der Waals surface area contributed by atoms with Crippen molar-refractivity contribution in [2.75, 3.05) is 0 Å². The SMILES string of the molecule is CC(=O)C=CC12OC1CC1C(CC2C)OC(=O)C1C. The average molecular weight is 264 g/mol. The molecule has 0 N–H and O–H groups in total. The molecule has 0 bridgehead atoms. The van der Waals surface area contributed by atoms with Crippen molar-refractivity contribution in [2.24, 2.45) is 17.8 Å². The van der Waals surface area contributed by atoms with Gasteiger partial charge in [-0.15, -0.1) is 0 Å². The summed E-state index contributed by atoms with van der Waals surface area (Å²) >= 11 is 0. The summed E-state index contributed by atoms with van der Waals surface area (Å²) in [5.41, 5.74) is -0.303. The van der Waals surface area contributed by atoms with Crippen LogP contribution < -0.4 is 0 Å². The van der Waals surface area contributed by atoms with Crippen molar-refractivity contribution in [1.29, 1.82) is 0 Å². The predicted octanol–water partition coefficient (Wildman–Crippen LogP) is 1.88. The van der Waals surface area contributed by atoms with E-state index in [1.165, 1.54) is 0 Å². The third-order valence-electron chi connectivity index (χ3n) is 4.97. The van der Waals surface area contributed by atoms with Crippen LogP contribution in [0.2, 0.25) is 0 Å². The second kappa shape index (κ2) is 4.17. The quantitative estimate of drug-likeness (QED) is 0.434. The first-order chi connectivity index (χ1) is 8.94. The molecule has 3 rings (SSSR count). The van der Waals surface area contributed by atoms with Gasteiger partial charge in [0.2, 0.25) is 0 Å². The maximum Gasteiger partial charge on any atom is 0.309 e. The molecule has 2 aliphatic heterocycles. The van der Waals surface area contributed by atoms with Crippen LogP contribution in [-0.2, 0) is 19.1 Å². The second-order valence-corrected chi connectivity index (χ2v) is 6.20. The van der Waals surface area contributed by atoms with Gasteiger partial charge >= 0.3 is 5.97 Å². The highest BCUT2D eigenvalue weighted by molar-refractivity contribution is 5.87. The van der Waals surface area contributed by atoms with E-state index in [1.54, 1.807) is 13.0 Å². The Kier molecular flexibility index (Phi) is 2.82. The van der Waals surface area contributed by atoms with Gasteiger partial charge in [-0.3, -0.25) is 9.59 Å². The summed E-state index contributed by atoms with van der Waals surface area (Å²) in [5.74, 6) is 0.458. The first-order valence-electron chi connectivity index (χ1n) is 7.02. The summed E-state index contributed by atoms with van der Waals surface area (Å²) in [7, 11) is 0. The fraction of sp³-hybridized carbons (Fsp3) is 0.733. The Bertz CT molecular complexity index is 455. The van der Waals surface area contributed by atoms with Gasteiger partial charge in [-0.05, 0) is 37.8 Å². The van der Waals surface area contributed by atoms with E-state index >= 15 is 0 Å². The summed E-state index contributed by atoms with van der Waals surface area (Å²) in [5, 5.41) is 0. The smallest absolute Gasteiger partial charge is 0.309 e. The molecule has 0 aromatic rings. The first-order valence-corrected chi connectivity index (χ1v) is 7.02. The Morgan fingerprint density at radius 3 is 2.79 bits per heavy atom. The number of carbonyl (C=O) groups is 2. The van der Waals surface area contributed by atoms with Gasteiger partial charge in [0.1, 0.15) is 11.7 Å². The molecule has 0 aromatic heterocycles. The lowest BCUT2D eigenvalue weighted by molar-refractivity contribution is -0.144. The molecule has 4 heteroatoms. The summed E-state index contributed by atoms with van der Waals surface area (Å²) in [6.45, 7) is 5.60. The third kappa shape index (κ3) is 1.93. The Hall–Kier alpha value is -1.16. The lowest BCUT2D eigenvalue weighted by atomic mass is 9.87. The fourth-order valence-corrected chi connectivity index (χ4v) is 3.64. The second-order valence-electron chi connectivity index (χ2n) is 6.20. The molecule has 6 unspecified atom stereocenters. The fourth-order valence-electron chi connectivity index (χ4n) is 3.64. The van der Waals surface area contributed by atoms with Gasteiger partial charge in [0.25, 0.3) is 0 Å². The molecule has 3 fully saturated rings. The van der Waals surface area contributed by atoms with E-state index in [2.05, 4.69) is 6.92 Å². The van der Waals surface area contributed by atoms with Crippen LogP contribution in [0.1, 0.15) is 33.6 Å². The Morgan fingerprint density at radius 2 is 2.11 bits per heavy atom. The predicted molar refractivity (Wildman–Crippen MR) is 68.4 cm³/mol. The first kappa shape index (κ1) is 12.9. The van der Waals surface area contributed by atoms with Crippen molar-refractivity contribution < 1.29 is 19.1 Å². The number of epoxide rings is 1. The summed E-state index contributed by atoms with van der Waals surface area (Å²) in [6.07, 6.45) is 5.34. The van der Waals surface area contributed by atoms with Crippen LogP contribution in [0, 0.1) is 17.8 Å². The standard InChI is InChI=1S/C15H20O4/c1-8-6-12-11(10(3)14(17)18-12)7-13-15(8,19-13)5-4-9(2)16/h4-5,8,10-13H,6-7H2,1-3H3. The van der Waals surface area contributed by atoms with E-state index in [0.29, 0.717) is 0 Å². The van der Waals surface area contributed by atoms with E-state index < -0.39 is 0 Å². The summed E-state index contributed by atoms with van der Waals surface area (Å²) in [4.78, 5) is 22.8. The number of carbonyl (C=O) groups excluding carboxylic acids is 2. The maximum atomic E-state index is 11.7. The molecule has 0 amide bonds. The van der Waals surface area contributed by atoms with Crippen molar-refractivity contribution in [3.05, 3.63) is 12.2 Å². The zero-order valence-corrected chi connectivity index (χ0v) is 11.6. The monoisotopic (exact) mass is 264 g/mol. The molecule has 3 aliphatic rings. The van der Waals surface area contributed by atoms with Gasteiger partial charge in [0.05, 0.1) is 12.0 Å². The Labute approximate surface area is 113 Å². The minimum atomic E-state index is -0.303. The third-order valence-corrected chi connectivity index (χ3v) is 4.97. The highest BCUT2D eigenvalue weighted by Crippen LogP contribution is 2.55.